The summed E-state index contributed by atoms with van der Waals surface area (Å²) in [7, 11) is -0.927. The molecule has 0 saturated carbocycles. The molecule has 1 atom stereocenters. The van der Waals surface area contributed by atoms with Gasteiger partial charge in [-0.1, -0.05) is 24.3 Å². The first kappa shape index (κ1) is 20.9. The highest BCUT2D eigenvalue weighted by Gasteiger charge is 2.33. The standard InChI is InChI=1S/C22H23N3O5S/c1-29-15-9-11-16(12-10-15)31(27,28)24-19-14-23-21(18-7-4-3-6-17(18)19)25-13-5-8-20(25)22(26)30-2/h3-4,6-7,9-12,14,20,24H,5,8,13H2,1-2H3/t20-/m1/s1. The second-order valence-electron chi connectivity index (χ2n) is 7.20. The minimum Gasteiger partial charge on any atom is -0.497 e. The summed E-state index contributed by atoms with van der Waals surface area (Å²) in [5.74, 6) is 0.907. The molecule has 2 heterocycles. The van der Waals surface area contributed by atoms with Gasteiger partial charge in [0.25, 0.3) is 10.0 Å². The Hall–Kier alpha value is -3.33. The number of benzene rings is 2. The Balaban J connectivity index is 1.72. The van der Waals surface area contributed by atoms with E-state index in [9.17, 15) is 13.2 Å². The molecular weight excluding hydrogens is 418 g/mol. The number of esters is 1. The van der Waals surface area contributed by atoms with Crippen molar-refractivity contribution < 1.29 is 22.7 Å². The van der Waals surface area contributed by atoms with Crippen molar-refractivity contribution in [2.24, 2.45) is 0 Å². The van der Waals surface area contributed by atoms with Gasteiger partial charge in [0.2, 0.25) is 0 Å². The van der Waals surface area contributed by atoms with Gasteiger partial charge in [-0.2, -0.15) is 0 Å². The maximum absolute atomic E-state index is 12.9. The van der Waals surface area contributed by atoms with Crippen LogP contribution in [-0.2, 0) is 19.6 Å². The topological polar surface area (TPSA) is 97.8 Å². The molecule has 1 fully saturated rings. The van der Waals surface area contributed by atoms with E-state index in [-0.39, 0.29) is 10.9 Å². The lowest BCUT2D eigenvalue weighted by molar-refractivity contribution is -0.141. The summed E-state index contributed by atoms with van der Waals surface area (Å²) in [6.07, 6.45) is 3.03. The van der Waals surface area contributed by atoms with Crippen LogP contribution in [0.5, 0.6) is 5.75 Å². The third-order valence-corrected chi connectivity index (χ3v) is 6.77. The summed E-state index contributed by atoms with van der Waals surface area (Å²) in [4.78, 5) is 18.8. The summed E-state index contributed by atoms with van der Waals surface area (Å²) in [6.45, 7) is 0.674. The molecule has 4 rings (SSSR count). The van der Waals surface area contributed by atoms with Crippen LogP contribution in [0.3, 0.4) is 0 Å². The number of anilines is 2. The normalized spacial score (nSPS) is 16.3. The SMILES string of the molecule is COC(=O)[C@H]1CCCN1c1ncc(NS(=O)(=O)c2ccc(OC)cc2)c2ccccc12. The highest BCUT2D eigenvalue weighted by molar-refractivity contribution is 7.92. The Morgan fingerprint density at radius 3 is 2.48 bits per heavy atom. The molecule has 0 unspecified atom stereocenters. The number of aromatic nitrogens is 1. The number of nitrogens with one attached hydrogen (secondary N) is 1. The predicted molar refractivity (Wildman–Crippen MR) is 118 cm³/mol. The highest BCUT2D eigenvalue weighted by atomic mass is 32.2. The average molecular weight is 442 g/mol. The van der Waals surface area contributed by atoms with Crippen molar-refractivity contribution in [3.05, 3.63) is 54.7 Å². The largest absolute Gasteiger partial charge is 0.497 e. The van der Waals surface area contributed by atoms with Crippen LogP contribution in [-0.4, -0.2) is 46.2 Å². The van der Waals surface area contributed by atoms with E-state index in [4.69, 9.17) is 9.47 Å². The molecule has 0 spiro atoms. The number of methoxy groups -OCH3 is 2. The fraction of sp³-hybridized carbons (Fsp3) is 0.273. The summed E-state index contributed by atoms with van der Waals surface area (Å²) in [5, 5.41) is 1.45. The molecule has 3 aromatic rings. The molecule has 1 aliphatic rings. The van der Waals surface area contributed by atoms with Crippen molar-refractivity contribution in [1.82, 2.24) is 4.98 Å². The van der Waals surface area contributed by atoms with Crippen LogP contribution in [0, 0.1) is 0 Å². The summed E-state index contributed by atoms with van der Waals surface area (Å²) in [5.41, 5.74) is 0.365. The Morgan fingerprint density at radius 1 is 1.10 bits per heavy atom. The Bertz CT molecular complexity index is 1210. The van der Waals surface area contributed by atoms with E-state index in [1.807, 2.05) is 29.2 Å². The van der Waals surface area contributed by atoms with Gasteiger partial charge in [-0.15, -0.1) is 0 Å². The number of rotatable bonds is 6. The van der Waals surface area contributed by atoms with Gasteiger partial charge in [0.15, 0.2) is 0 Å². The lowest BCUT2D eigenvalue weighted by Crippen LogP contribution is -2.37. The van der Waals surface area contributed by atoms with E-state index in [2.05, 4.69) is 9.71 Å². The van der Waals surface area contributed by atoms with Gasteiger partial charge in [0, 0.05) is 17.3 Å². The fourth-order valence-electron chi connectivity index (χ4n) is 3.85. The van der Waals surface area contributed by atoms with Crippen LogP contribution in [0.1, 0.15) is 12.8 Å². The molecular formula is C22H23N3O5S. The number of pyridine rings is 1. The molecule has 1 aromatic heterocycles. The number of hydrogen-bond donors (Lipinski definition) is 1. The number of hydrogen-bond acceptors (Lipinski definition) is 7. The van der Waals surface area contributed by atoms with Crippen LogP contribution in [0.2, 0.25) is 0 Å². The number of nitrogens with zero attached hydrogens (tertiary/aromatic N) is 2. The van der Waals surface area contributed by atoms with Gasteiger partial charge >= 0.3 is 5.97 Å². The molecule has 31 heavy (non-hydrogen) atoms. The Labute approximate surface area is 180 Å². The van der Waals surface area contributed by atoms with Crippen molar-refractivity contribution in [3.8, 4) is 5.75 Å². The number of fused-ring (bicyclic) bond motifs is 1. The van der Waals surface area contributed by atoms with Crippen LogP contribution in [0.25, 0.3) is 10.8 Å². The zero-order valence-electron chi connectivity index (χ0n) is 17.2. The molecule has 1 N–H and O–H groups in total. The van der Waals surface area contributed by atoms with Crippen molar-refractivity contribution >= 4 is 38.3 Å². The maximum Gasteiger partial charge on any atom is 0.328 e. The number of carbonyl (C=O) groups is 1. The minimum absolute atomic E-state index is 0.117. The predicted octanol–water partition coefficient (Wildman–Crippen LogP) is 3.19. The summed E-state index contributed by atoms with van der Waals surface area (Å²) in [6, 6.07) is 13.1. The average Bonchev–Trinajstić information content (AvgIpc) is 3.28. The zero-order chi connectivity index (χ0) is 22.0. The molecule has 0 amide bonds. The Kier molecular flexibility index (Phi) is 5.69. The van der Waals surface area contributed by atoms with E-state index < -0.39 is 16.1 Å². The quantitative estimate of drug-likeness (QED) is 0.587. The van der Waals surface area contributed by atoms with Gasteiger partial charge in [0.1, 0.15) is 17.6 Å². The molecule has 8 nitrogen and oxygen atoms in total. The molecule has 0 bridgehead atoms. The van der Waals surface area contributed by atoms with Gasteiger partial charge in [-0.05, 0) is 37.1 Å². The second-order valence-corrected chi connectivity index (χ2v) is 8.88. The monoisotopic (exact) mass is 441 g/mol. The molecule has 1 aliphatic heterocycles. The number of ether oxygens (including phenoxy) is 2. The van der Waals surface area contributed by atoms with E-state index in [1.54, 1.807) is 12.1 Å². The fourth-order valence-corrected chi connectivity index (χ4v) is 4.91. The smallest absolute Gasteiger partial charge is 0.328 e. The van der Waals surface area contributed by atoms with Gasteiger partial charge in [-0.25, -0.2) is 18.2 Å². The van der Waals surface area contributed by atoms with E-state index in [1.165, 1.54) is 32.5 Å². The zero-order valence-corrected chi connectivity index (χ0v) is 18.1. The third-order valence-electron chi connectivity index (χ3n) is 5.39. The maximum atomic E-state index is 12.9. The van der Waals surface area contributed by atoms with E-state index >= 15 is 0 Å². The molecule has 9 heteroatoms. The van der Waals surface area contributed by atoms with Crippen LogP contribution in [0.15, 0.2) is 59.6 Å². The van der Waals surface area contributed by atoms with E-state index in [0.29, 0.717) is 35.6 Å². The molecule has 1 saturated heterocycles. The first-order valence-electron chi connectivity index (χ1n) is 9.83. The number of carbonyl (C=O) groups excluding carboxylic acids is 1. The summed E-state index contributed by atoms with van der Waals surface area (Å²) >= 11 is 0. The molecule has 0 aliphatic carbocycles. The van der Waals surface area contributed by atoms with Crippen LogP contribution >= 0.6 is 0 Å². The van der Waals surface area contributed by atoms with E-state index in [0.717, 1.165) is 11.8 Å². The lowest BCUT2D eigenvalue weighted by atomic mass is 10.1. The second kappa shape index (κ2) is 8.43. The van der Waals surface area contributed by atoms with Gasteiger partial charge in [-0.3, -0.25) is 4.72 Å². The first-order chi connectivity index (χ1) is 14.9. The minimum atomic E-state index is -3.82. The molecule has 0 radical (unpaired) electrons. The number of sulfonamides is 1. The van der Waals surface area contributed by atoms with Crippen LogP contribution in [0.4, 0.5) is 11.5 Å². The van der Waals surface area contributed by atoms with Gasteiger partial charge in [0.05, 0.1) is 31.0 Å². The van der Waals surface area contributed by atoms with Crippen molar-refractivity contribution in [3.63, 3.8) is 0 Å². The van der Waals surface area contributed by atoms with Crippen molar-refractivity contribution in [2.75, 3.05) is 30.4 Å². The Morgan fingerprint density at radius 2 is 1.81 bits per heavy atom. The van der Waals surface area contributed by atoms with Gasteiger partial charge < -0.3 is 14.4 Å². The van der Waals surface area contributed by atoms with Crippen molar-refractivity contribution in [1.29, 1.82) is 0 Å². The molecule has 2 aromatic carbocycles. The first-order valence-corrected chi connectivity index (χ1v) is 11.3. The highest BCUT2D eigenvalue weighted by Crippen LogP contribution is 2.35. The lowest BCUT2D eigenvalue weighted by Gasteiger charge is -2.25. The third kappa shape index (κ3) is 4.00. The molecule has 162 valence electrons. The van der Waals surface area contributed by atoms with Crippen LogP contribution < -0.4 is 14.4 Å². The van der Waals surface area contributed by atoms with Crippen molar-refractivity contribution in [2.45, 2.75) is 23.8 Å². The summed E-state index contributed by atoms with van der Waals surface area (Å²) < 4.78 is 38.5.